The van der Waals surface area contributed by atoms with Crippen molar-refractivity contribution in [3.8, 4) is 22.3 Å². The summed E-state index contributed by atoms with van der Waals surface area (Å²) in [6.45, 7) is 6.69. The molecule has 0 saturated carbocycles. The number of benzene rings is 5. The Kier molecular flexibility index (Phi) is 7.75. The molecule has 0 amide bonds. The molecule has 1 unspecified atom stereocenters. The third-order valence-corrected chi connectivity index (χ3v) is 7.34. The van der Waals surface area contributed by atoms with Gasteiger partial charge in [0, 0.05) is 18.4 Å². The molecule has 5 aromatic carbocycles. The number of rotatable bonds is 8. The van der Waals surface area contributed by atoms with Crippen LogP contribution in [0.15, 0.2) is 146 Å². The summed E-state index contributed by atoms with van der Waals surface area (Å²) in [6, 6.07) is 46.6. The molecular weight excluding hydrogens is 472 g/mol. The standard InChI is InChI=1S/C37H34N2/c1-27(29-14-18-32(19-15-29)31-10-6-4-7-11-31)26-37(35-12-8-5-9-13-35)39(3)28(2)30-16-20-33(21-17-30)34-22-24-36(38)25-23-34/h4-26,28H,1,38H2,2-3H3/b37-26-. The van der Waals surface area contributed by atoms with Crippen molar-refractivity contribution >= 4 is 17.0 Å². The number of nitrogen functional groups attached to an aromatic ring is 1. The second kappa shape index (κ2) is 11.7. The lowest BCUT2D eigenvalue weighted by Gasteiger charge is -2.30. The van der Waals surface area contributed by atoms with Crippen LogP contribution in [0, 0.1) is 0 Å². The second-order valence-corrected chi connectivity index (χ2v) is 9.90. The van der Waals surface area contributed by atoms with Gasteiger partial charge in [0.2, 0.25) is 0 Å². The minimum absolute atomic E-state index is 0.158. The zero-order chi connectivity index (χ0) is 27.2. The average Bonchev–Trinajstić information content (AvgIpc) is 3.00. The van der Waals surface area contributed by atoms with Crippen molar-refractivity contribution in [3.63, 3.8) is 0 Å². The number of nitrogens with zero attached hydrogens (tertiary/aromatic N) is 1. The van der Waals surface area contributed by atoms with Crippen molar-refractivity contribution < 1.29 is 0 Å². The Morgan fingerprint density at radius 2 is 1.08 bits per heavy atom. The summed E-state index contributed by atoms with van der Waals surface area (Å²) in [5.41, 5.74) is 17.0. The molecule has 0 spiro atoms. The van der Waals surface area contributed by atoms with Crippen molar-refractivity contribution in [2.24, 2.45) is 0 Å². The fourth-order valence-corrected chi connectivity index (χ4v) is 4.82. The van der Waals surface area contributed by atoms with E-state index in [2.05, 4.69) is 147 Å². The van der Waals surface area contributed by atoms with E-state index in [1.165, 1.54) is 22.3 Å². The fourth-order valence-electron chi connectivity index (χ4n) is 4.82. The van der Waals surface area contributed by atoms with Gasteiger partial charge in [0.05, 0.1) is 6.04 Å². The molecule has 39 heavy (non-hydrogen) atoms. The van der Waals surface area contributed by atoms with Gasteiger partial charge in [-0.1, -0.05) is 128 Å². The van der Waals surface area contributed by atoms with Crippen molar-refractivity contribution in [1.82, 2.24) is 4.90 Å². The Balaban J connectivity index is 1.41. The van der Waals surface area contributed by atoms with E-state index >= 15 is 0 Å². The monoisotopic (exact) mass is 506 g/mol. The first kappa shape index (κ1) is 25.8. The molecule has 0 aromatic heterocycles. The van der Waals surface area contributed by atoms with E-state index in [1.54, 1.807) is 0 Å². The Hall–Kier alpha value is -4.82. The van der Waals surface area contributed by atoms with Gasteiger partial charge < -0.3 is 10.6 Å². The third kappa shape index (κ3) is 6.02. The lowest BCUT2D eigenvalue weighted by molar-refractivity contribution is 0.381. The molecule has 0 heterocycles. The van der Waals surface area contributed by atoms with Crippen molar-refractivity contribution in [2.75, 3.05) is 12.8 Å². The van der Waals surface area contributed by atoms with Gasteiger partial charge in [0.25, 0.3) is 0 Å². The third-order valence-electron chi connectivity index (χ3n) is 7.34. The first-order chi connectivity index (χ1) is 19.0. The molecule has 192 valence electrons. The van der Waals surface area contributed by atoms with Gasteiger partial charge in [-0.2, -0.15) is 0 Å². The summed E-state index contributed by atoms with van der Waals surface area (Å²) in [5, 5.41) is 0. The first-order valence-electron chi connectivity index (χ1n) is 13.3. The molecule has 1 atom stereocenters. The second-order valence-electron chi connectivity index (χ2n) is 9.90. The predicted molar refractivity (Wildman–Crippen MR) is 168 cm³/mol. The zero-order valence-corrected chi connectivity index (χ0v) is 22.6. The first-order valence-corrected chi connectivity index (χ1v) is 13.3. The molecule has 0 aliphatic carbocycles. The Bertz CT molecular complexity index is 1550. The van der Waals surface area contributed by atoms with Crippen LogP contribution in [0.3, 0.4) is 0 Å². The van der Waals surface area contributed by atoms with Crippen LogP contribution in [-0.4, -0.2) is 11.9 Å². The molecule has 2 nitrogen and oxygen atoms in total. The molecule has 2 heteroatoms. The smallest absolute Gasteiger partial charge is 0.0511 e. The van der Waals surface area contributed by atoms with Crippen molar-refractivity contribution in [1.29, 1.82) is 0 Å². The van der Waals surface area contributed by atoms with Crippen LogP contribution >= 0.6 is 0 Å². The van der Waals surface area contributed by atoms with Gasteiger partial charge in [0.1, 0.15) is 0 Å². The summed E-state index contributed by atoms with van der Waals surface area (Å²) in [6.07, 6.45) is 2.20. The molecule has 0 radical (unpaired) electrons. The van der Waals surface area contributed by atoms with Crippen LogP contribution in [-0.2, 0) is 0 Å². The van der Waals surface area contributed by atoms with E-state index < -0.39 is 0 Å². The maximum Gasteiger partial charge on any atom is 0.0511 e. The molecule has 5 aromatic rings. The van der Waals surface area contributed by atoms with Gasteiger partial charge >= 0.3 is 0 Å². The average molecular weight is 507 g/mol. The van der Waals surface area contributed by atoms with Crippen LogP contribution in [0.2, 0.25) is 0 Å². The van der Waals surface area contributed by atoms with Crippen molar-refractivity contribution in [3.05, 3.63) is 163 Å². The predicted octanol–water partition coefficient (Wildman–Crippen LogP) is 9.35. The normalized spacial score (nSPS) is 12.1. The molecule has 0 aliphatic rings. The number of hydrogen-bond acceptors (Lipinski definition) is 2. The highest BCUT2D eigenvalue weighted by molar-refractivity contribution is 5.83. The van der Waals surface area contributed by atoms with Gasteiger partial charge in [-0.3, -0.25) is 0 Å². The highest BCUT2D eigenvalue weighted by Crippen LogP contribution is 2.32. The molecular formula is C37H34N2. The quantitative estimate of drug-likeness (QED) is 0.168. The molecule has 0 aliphatic heterocycles. The molecule has 0 bridgehead atoms. The highest BCUT2D eigenvalue weighted by Gasteiger charge is 2.17. The highest BCUT2D eigenvalue weighted by atomic mass is 15.1. The summed E-state index contributed by atoms with van der Waals surface area (Å²) in [4.78, 5) is 2.33. The van der Waals surface area contributed by atoms with Crippen molar-refractivity contribution in [2.45, 2.75) is 13.0 Å². The lowest BCUT2D eigenvalue weighted by atomic mass is 9.97. The Morgan fingerprint density at radius 1 is 0.615 bits per heavy atom. The number of anilines is 1. The van der Waals surface area contributed by atoms with E-state index in [4.69, 9.17) is 5.73 Å². The van der Waals surface area contributed by atoms with E-state index in [9.17, 15) is 0 Å². The molecule has 5 rings (SSSR count). The summed E-state index contributed by atoms with van der Waals surface area (Å²) >= 11 is 0. The van der Waals surface area contributed by atoms with Gasteiger partial charge in [-0.15, -0.1) is 0 Å². The topological polar surface area (TPSA) is 29.3 Å². The van der Waals surface area contributed by atoms with Crippen LogP contribution in [0.4, 0.5) is 5.69 Å². The van der Waals surface area contributed by atoms with Gasteiger partial charge in [-0.25, -0.2) is 0 Å². The summed E-state index contributed by atoms with van der Waals surface area (Å²) in [5.74, 6) is 0. The van der Waals surface area contributed by atoms with Gasteiger partial charge in [-0.05, 0) is 69.6 Å². The molecule has 0 saturated heterocycles. The Morgan fingerprint density at radius 3 is 1.64 bits per heavy atom. The van der Waals surface area contributed by atoms with Crippen LogP contribution in [0.5, 0.6) is 0 Å². The van der Waals surface area contributed by atoms with E-state index in [0.29, 0.717) is 0 Å². The number of hydrogen-bond donors (Lipinski definition) is 1. The Labute approximate surface area is 232 Å². The van der Waals surface area contributed by atoms with Crippen LogP contribution in [0.25, 0.3) is 33.5 Å². The van der Waals surface area contributed by atoms with Crippen LogP contribution in [0.1, 0.15) is 29.7 Å². The lowest BCUT2D eigenvalue weighted by Crippen LogP contribution is -2.21. The van der Waals surface area contributed by atoms with E-state index in [1.807, 2.05) is 18.2 Å². The van der Waals surface area contributed by atoms with E-state index in [-0.39, 0.29) is 6.04 Å². The molecule has 0 fully saturated rings. The van der Waals surface area contributed by atoms with Gasteiger partial charge in [0.15, 0.2) is 0 Å². The number of nitrogens with two attached hydrogens (primary N) is 1. The minimum atomic E-state index is 0.158. The summed E-state index contributed by atoms with van der Waals surface area (Å²) in [7, 11) is 2.16. The maximum absolute atomic E-state index is 5.86. The summed E-state index contributed by atoms with van der Waals surface area (Å²) < 4.78 is 0. The van der Waals surface area contributed by atoms with E-state index in [0.717, 1.165) is 33.6 Å². The minimum Gasteiger partial charge on any atom is -0.399 e. The molecule has 2 N–H and O–H groups in total. The van der Waals surface area contributed by atoms with Crippen LogP contribution < -0.4 is 5.73 Å². The number of allylic oxidation sites excluding steroid dienone is 2. The zero-order valence-electron chi connectivity index (χ0n) is 22.6. The largest absolute Gasteiger partial charge is 0.399 e. The maximum atomic E-state index is 5.86. The SMILES string of the molecule is C=C(/C=C(/c1ccccc1)N(C)C(C)c1ccc(-c2ccc(N)cc2)cc1)c1ccc(-c2ccccc2)cc1. The fraction of sp³-hybridized carbons (Fsp3) is 0.0811.